The number of anilines is 2. The summed E-state index contributed by atoms with van der Waals surface area (Å²) in [6.45, 7) is 1.04. The molecule has 2 aromatic carbocycles. The van der Waals surface area contributed by atoms with E-state index in [1.54, 1.807) is 0 Å². The van der Waals surface area contributed by atoms with Crippen molar-refractivity contribution in [1.29, 1.82) is 0 Å². The summed E-state index contributed by atoms with van der Waals surface area (Å²) in [5, 5.41) is 17.0. The molecule has 0 unspecified atom stereocenters. The van der Waals surface area contributed by atoms with E-state index in [1.165, 1.54) is 6.33 Å². The number of rotatable bonds is 10. The van der Waals surface area contributed by atoms with E-state index in [0.717, 1.165) is 35.2 Å². The fraction of sp³-hybridized carbons (Fsp3) is 0.222. The maximum atomic E-state index is 15.6. The number of hydrogen-bond acceptors (Lipinski definition) is 7. The number of nitrogens with one attached hydrogen (secondary N) is 2. The van der Waals surface area contributed by atoms with Crippen molar-refractivity contribution in [3.63, 3.8) is 0 Å². The lowest BCUT2D eigenvalue weighted by atomic mass is 10.1. The maximum Gasteiger partial charge on any atom is 0.207 e. The number of aromatic nitrogens is 7. The molecule has 3 aromatic heterocycles. The van der Waals surface area contributed by atoms with Gasteiger partial charge in [0, 0.05) is 43.6 Å². The standard InChI is InChI=1S/C27H26FN9/c28-25-26(29-16-20-5-3-19(4-6-20)15-24-32-34-35-33-24)30-18-31-27(25)37(23-11-12-23)17-21-7-9-22(10-8-21)36-13-1-2-14-36/h1-10,13-14,18,23H,11-12,15-17H2,(H,29,30,31)(H,32,33,34,35). The molecule has 1 aliphatic carbocycles. The van der Waals surface area contributed by atoms with Crippen LogP contribution in [0.25, 0.3) is 5.69 Å². The Kier molecular flexibility index (Phi) is 6.28. The summed E-state index contributed by atoms with van der Waals surface area (Å²) in [5.74, 6) is 0.826. The Morgan fingerprint density at radius 2 is 1.68 bits per heavy atom. The molecule has 0 aliphatic heterocycles. The van der Waals surface area contributed by atoms with E-state index >= 15 is 4.39 Å². The first-order valence-corrected chi connectivity index (χ1v) is 12.3. The van der Waals surface area contributed by atoms with Crippen molar-refractivity contribution in [3.05, 3.63) is 108 Å². The van der Waals surface area contributed by atoms with Gasteiger partial charge >= 0.3 is 0 Å². The van der Waals surface area contributed by atoms with E-state index in [-0.39, 0.29) is 11.9 Å². The van der Waals surface area contributed by atoms with E-state index in [9.17, 15) is 0 Å². The molecule has 0 amide bonds. The van der Waals surface area contributed by atoms with Crippen LogP contribution in [0.3, 0.4) is 0 Å². The molecule has 0 radical (unpaired) electrons. The van der Waals surface area contributed by atoms with E-state index in [1.807, 2.05) is 48.8 Å². The second kappa shape index (κ2) is 10.2. The topological polar surface area (TPSA) is 100 Å². The average Bonchev–Trinajstić information content (AvgIpc) is 3.37. The number of nitrogens with zero attached hydrogens (tertiary/aromatic N) is 7. The third-order valence-electron chi connectivity index (χ3n) is 6.47. The van der Waals surface area contributed by atoms with Gasteiger partial charge in [0.2, 0.25) is 5.82 Å². The first-order chi connectivity index (χ1) is 18.2. The first-order valence-electron chi connectivity index (χ1n) is 12.3. The van der Waals surface area contributed by atoms with Gasteiger partial charge in [-0.05, 0) is 64.2 Å². The molecule has 9 nitrogen and oxygen atoms in total. The molecule has 2 N–H and O–H groups in total. The van der Waals surface area contributed by atoms with Crippen LogP contribution in [-0.4, -0.2) is 41.2 Å². The van der Waals surface area contributed by atoms with Crippen LogP contribution in [0, 0.1) is 5.82 Å². The minimum Gasteiger partial charge on any atom is -0.363 e. The lowest BCUT2D eigenvalue weighted by Crippen LogP contribution is -2.27. The fourth-order valence-electron chi connectivity index (χ4n) is 4.33. The lowest BCUT2D eigenvalue weighted by Gasteiger charge is -2.24. The molecule has 0 spiro atoms. The van der Waals surface area contributed by atoms with Crippen LogP contribution in [-0.2, 0) is 19.5 Å². The van der Waals surface area contributed by atoms with Crippen molar-refractivity contribution in [2.24, 2.45) is 0 Å². The Morgan fingerprint density at radius 1 is 0.946 bits per heavy atom. The molecular weight excluding hydrogens is 469 g/mol. The molecule has 1 saturated carbocycles. The minimum absolute atomic E-state index is 0.204. The highest BCUT2D eigenvalue weighted by Gasteiger charge is 2.32. The maximum absolute atomic E-state index is 15.6. The number of aromatic amines is 1. The Bertz CT molecular complexity index is 1430. The van der Waals surface area contributed by atoms with Gasteiger partial charge in [0.05, 0.1) is 0 Å². The molecule has 1 fully saturated rings. The highest BCUT2D eigenvalue weighted by molar-refractivity contribution is 5.53. The number of hydrogen-bond donors (Lipinski definition) is 2. The number of tetrazole rings is 1. The Morgan fingerprint density at radius 3 is 2.38 bits per heavy atom. The summed E-state index contributed by atoms with van der Waals surface area (Å²) in [4.78, 5) is 10.6. The summed E-state index contributed by atoms with van der Waals surface area (Å²) >= 11 is 0. The van der Waals surface area contributed by atoms with E-state index < -0.39 is 5.82 Å². The Balaban J connectivity index is 1.13. The van der Waals surface area contributed by atoms with Gasteiger partial charge in [-0.15, -0.1) is 5.10 Å². The van der Waals surface area contributed by atoms with Gasteiger partial charge in [-0.3, -0.25) is 0 Å². The summed E-state index contributed by atoms with van der Waals surface area (Å²) < 4.78 is 17.6. The third kappa shape index (κ3) is 5.32. The molecule has 0 atom stereocenters. The summed E-state index contributed by atoms with van der Waals surface area (Å²) in [5.41, 5.74) is 4.30. The second-order valence-electron chi connectivity index (χ2n) is 9.17. The van der Waals surface area contributed by atoms with Crippen molar-refractivity contribution in [2.75, 3.05) is 10.2 Å². The second-order valence-corrected chi connectivity index (χ2v) is 9.17. The highest BCUT2D eigenvalue weighted by atomic mass is 19.1. The van der Waals surface area contributed by atoms with Gasteiger partial charge in [0.1, 0.15) is 6.33 Å². The van der Waals surface area contributed by atoms with Crippen molar-refractivity contribution < 1.29 is 4.39 Å². The predicted molar refractivity (Wildman–Crippen MR) is 138 cm³/mol. The van der Waals surface area contributed by atoms with E-state index in [0.29, 0.717) is 31.2 Å². The average molecular weight is 496 g/mol. The van der Waals surface area contributed by atoms with Crippen molar-refractivity contribution in [1.82, 2.24) is 35.2 Å². The lowest BCUT2D eigenvalue weighted by molar-refractivity contribution is 0.601. The van der Waals surface area contributed by atoms with E-state index in [4.69, 9.17) is 0 Å². The van der Waals surface area contributed by atoms with Gasteiger partial charge in [-0.2, -0.15) is 4.39 Å². The molecule has 186 valence electrons. The molecule has 6 rings (SSSR count). The molecule has 0 bridgehead atoms. The normalized spacial score (nSPS) is 13.0. The zero-order valence-corrected chi connectivity index (χ0v) is 20.1. The number of H-pyrrole nitrogens is 1. The molecule has 0 saturated heterocycles. The van der Waals surface area contributed by atoms with Gasteiger partial charge in [-0.25, -0.2) is 15.1 Å². The quantitative estimate of drug-likeness (QED) is 0.298. The van der Waals surface area contributed by atoms with Crippen LogP contribution in [0.2, 0.25) is 0 Å². The summed E-state index contributed by atoms with van der Waals surface area (Å²) in [6.07, 6.45) is 8.15. The van der Waals surface area contributed by atoms with Crippen LogP contribution in [0.1, 0.15) is 35.4 Å². The Hall–Kier alpha value is -4.60. The zero-order valence-electron chi connectivity index (χ0n) is 20.1. The fourth-order valence-corrected chi connectivity index (χ4v) is 4.33. The monoisotopic (exact) mass is 495 g/mol. The zero-order chi connectivity index (χ0) is 25.0. The van der Waals surface area contributed by atoms with Crippen LogP contribution < -0.4 is 10.2 Å². The van der Waals surface area contributed by atoms with Crippen LogP contribution in [0.5, 0.6) is 0 Å². The van der Waals surface area contributed by atoms with E-state index in [2.05, 4.69) is 69.6 Å². The van der Waals surface area contributed by atoms with Gasteiger partial charge < -0.3 is 14.8 Å². The molecule has 37 heavy (non-hydrogen) atoms. The summed E-state index contributed by atoms with van der Waals surface area (Å²) in [6, 6.07) is 20.6. The van der Waals surface area contributed by atoms with Crippen LogP contribution >= 0.6 is 0 Å². The van der Waals surface area contributed by atoms with Crippen LogP contribution in [0.4, 0.5) is 16.0 Å². The minimum atomic E-state index is -0.423. The largest absolute Gasteiger partial charge is 0.363 e. The SMILES string of the molecule is Fc1c(NCc2ccc(Cc3nnn[nH]3)cc2)ncnc1N(Cc1ccc(-n2cccc2)cc1)C1CC1. The smallest absolute Gasteiger partial charge is 0.207 e. The molecule has 3 heterocycles. The van der Waals surface area contributed by atoms with Crippen LogP contribution in [0.15, 0.2) is 79.4 Å². The van der Waals surface area contributed by atoms with Gasteiger partial charge in [0.15, 0.2) is 17.5 Å². The van der Waals surface area contributed by atoms with Gasteiger partial charge in [0.25, 0.3) is 0 Å². The Labute approximate surface area is 213 Å². The van der Waals surface area contributed by atoms with Crippen molar-refractivity contribution >= 4 is 11.6 Å². The first kappa shape index (κ1) is 22.8. The molecule has 5 aromatic rings. The highest BCUT2D eigenvalue weighted by Crippen LogP contribution is 2.34. The molecule has 10 heteroatoms. The van der Waals surface area contributed by atoms with Crippen molar-refractivity contribution in [2.45, 2.75) is 38.4 Å². The number of halogens is 1. The van der Waals surface area contributed by atoms with Gasteiger partial charge in [-0.1, -0.05) is 36.4 Å². The van der Waals surface area contributed by atoms with Crippen molar-refractivity contribution in [3.8, 4) is 5.69 Å². The molecular formula is C27H26FN9. The molecule has 1 aliphatic rings. The number of benzene rings is 2. The summed E-state index contributed by atoms with van der Waals surface area (Å²) in [7, 11) is 0. The third-order valence-corrected chi connectivity index (χ3v) is 6.47. The predicted octanol–water partition coefficient (Wildman–Crippen LogP) is 4.29.